The fourth-order valence-electron chi connectivity index (χ4n) is 8.76. The minimum Gasteiger partial charge on any atom is -0.309 e. The first-order valence-corrected chi connectivity index (χ1v) is 18.3. The maximum atomic E-state index is 10.5. The van der Waals surface area contributed by atoms with Crippen LogP contribution < -0.4 is 0 Å². The van der Waals surface area contributed by atoms with Crippen molar-refractivity contribution in [3.05, 3.63) is 187 Å². The van der Waals surface area contributed by atoms with Crippen LogP contribution in [-0.2, 0) is 0 Å². The minimum absolute atomic E-state index is 0.577. The highest BCUT2D eigenvalue weighted by atomic mass is 15.0. The lowest BCUT2D eigenvalue weighted by molar-refractivity contribution is 1.15. The van der Waals surface area contributed by atoms with Gasteiger partial charge in [0.25, 0.3) is 0 Å². The van der Waals surface area contributed by atoms with Crippen molar-refractivity contribution in [3.63, 3.8) is 0 Å². The van der Waals surface area contributed by atoms with Crippen molar-refractivity contribution in [2.75, 3.05) is 0 Å². The van der Waals surface area contributed by atoms with E-state index in [0.717, 1.165) is 61.0 Å². The summed E-state index contributed by atoms with van der Waals surface area (Å²) < 4.78 is 6.91. The van der Waals surface area contributed by atoms with Crippen molar-refractivity contribution >= 4 is 65.4 Å². The molecule has 5 heteroatoms. The molecule has 0 radical (unpaired) electrons. The Hall–Kier alpha value is -7.86. The number of fused-ring (bicyclic) bond motifs is 9. The first-order chi connectivity index (χ1) is 27.2. The summed E-state index contributed by atoms with van der Waals surface area (Å²) in [5, 5.41) is 27.1. The van der Waals surface area contributed by atoms with Gasteiger partial charge in [-0.25, -0.2) is 0 Å². The number of aromatic nitrogens is 3. The molecule has 8 aromatic carbocycles. The van der Waals surface area contributed by atoms with Gasteiger partial charge in [-0.2, -0.15) is 10.5 Å². The topological polar surface area (TPSA) is 62.4 Å². The summed E-state index contributed by atoms with van der Waals surface area (Å²) in [5.41, 5.74) is 12.7. The van der Waals surface area contributed by atoms with E-state index >= 15 is 0 Å². The molecular formula is C50H29N5. The highest BCUT2D eigenvalue weighted by molar-refractivity contribution is 6.13. The molecule has 3 aromatic heterocycles. The third-order valence-electron chi connectivity index (χ3n) is 11.1. The highest BCUT2D eigenvalue weighted by Gasteiger charge is 2.20. The van der Waals surface area contributed by atoms with E-state index in [0.29, 0.717) is 11.1 Å². The Morgan fingerprint density at radius 1 is 0.345 bits per heavy atom. The molecule has 0 unspecified atom stereocenters. The Balaban J connectivity index is 1.11. The van der Waals surface area contributed by atoms with Gasteiger partial charge in [-0.05, 0) is 78.4 Å². The number of nitrogens with zero attached hydrogens (tertiary/aromatic N) is 5. The molecule has 0 spiro atoms. The Morgan fingerprint density at radius 2 is 0.855 bits per heavy atom. The van der Waals surface area contributed by atoms with Crippen LogP contribution in [0.1, 0.15) is 11.1 Å². The van der Waals surface area contributed by atoms with Crippen molar-refractivity contribution in [1.82, 2.24) is 13.7 Å². The number of hydrogen-bond acceptors (Lipinski definition) is 2. The molecule has 11 aromatic rings. The number of hydrogen-bond donors (Lipinski definition) is 0. The Kier molecular flexibility index (Phi) is 6.61. The molecule has 0 N–H and O–H groups in total. The van der Waals surface area contributed by atoms with Crippen molar-refractivity contribution in [2.45, 2.75) is 0 Å². The predicted molar refractivity (Wildman–Crippen MR) is 224 cm³/mol. The molecule has 0 bridgehead atoms. The van der Waals surface area contributed by atoms with E-state index in [2.05, 4.69) is 159 Å². The zero-order chi connectivity index (χ0) is 36.6. The summed E-state index contributed by atoms with van der Waals surface area (Å²) in [7, 11) is 0. The Bertz CT molecular complexity index is 3400. The van der Waals surface area contributed by atoms with Crippen molar-refractivity contribution in [3.8, 4) is 40.3 Å². The first-order valence-electron chi connectivity index (χ1n) is 18.3. The SMILES string of the molecule is N#Cc1ccc2c(c1)c1ccccc1n2-c1c(C#N)cccc1-c1ccc(-n2c3ccccc3c3ccc(-n4c5ccccc5c5ccccc54)cc32)cc1. The first kappa shape index (κ1) is 30.7. The molecule has 0 aliphatic rings. The number of nitriles is 2. The third kappa shape index (κ3) is 4.45. The van der Waals surface area contributed by atoms with Crippen LogP contribution in [0.15, 0.2) is 176 Å². The lowest BCUT2D eigenvalue weighted by atomic mass is 9.99. The smallest absolute Gasteiger partial charge is 0.101 e. The fraction of sp³-hybridized carbons (Fsp3) is 0. The number of rotatable bonds is 4. The molecule has 55 heavy (non-hydrogen) atoms. The van der Waals surface area contributed by atoms with E-state index in [-0.39, 0.29) is 0 Å². The van der Waals surface area contributed by atoms with Crippen LogP contribution in [0.4, 0.5) is 0 Å². The van der Waals surface area contributed by atoms with E-state index in [4.69, 9.17) is 0 Å². The fourth-order valence-corrected chi connectivity index (χ4v) is 8.76. The molecule has 0 saturated carbocycles. The maximum absolute atomic E-state index is 10.5. The average Bonchev–Trinajstić information content (AvgIpc) is 3.88. The van der Waals surface area contributed by atoms with Gasteiger partial charge in [-0.1, -0.05) is 103 Å². The molecule has 0 atom stereocenters. The monoisotopic (exact) mass is 699 g/mol. The van der Waals surface area contributed by atoms with E-state index in [1.807, 2.05) is 42.5 Å². The van der Waals surface area contributed by atoms with Crippen LogP contribution in [0.25, 0.3) is 93.6 Å². The lowest BCUT2D eigenvalue weighted by Gasteiger charge is -2.16. The summed E-state index contributed by atoms with van der Waals surface area (Å²) >= 11 is 0. The van der Waals surface area contributed by atoms with Gasteiger partial charge in [0.05, 0.1) is 56.0 Å². The summed E-state index contributed by atoms with van der Waals surface area (Å²) in [4.78, 5) is 0. The van der Waals surface area contributed by atoms with Crippen LogP contribution in [0.3, 0.4) is 0 Å². The standard InChI is InChI=1S/C50H29N5/c51-30-32-20-27-48-43(28-32)41-14-4-8-19-47(41)55(48)50-34(31-52)10-9-15-37(50)33-21-23-35(24-22-33)53-44-16-5-3-13-40(44)42-26-25-36(29-49(42)53)54-45-17-6-1-11-38(45)39-12-2-7-18-46(39)54/h1-29H. The van der Waals surface area contributed by atoms with Gasteiger partial charge < -0.3 is 13.7 Å². The largest absolute Gasteiger partial charge is 0.309 e. The van der Waals surface area contributed by atoms with Gasteiger partial charge in [0.2, 0.25) is 0 Å². The second-order valence-electron chi connectivity index (χ2n) is 14.0. The molecular weight excluding hydrogens is 671 g/mol. The summed E-state index contributed by atoms with van der Waals surface area (Å²) in [6, 6.07) is 66.0. The maximum Gasteiger partial charge on any atom is 0.101 e. The molecule has 3 heterocycles. The normalized spacial score (nSPS) is 11.6. The van der Waals surface area contributed by atoms with Crippen molar-refractivity contribution < 1.29 is 0 Å². The third-order valence-corrected chi connectivity index (χ3v) is 11.1. The molecule has 11 rings (SSSR count). The van der Waals surface area contributed by atoms with Crippen molar-refractivity contribution in [2.24, 2.45) is 0 Å². The molecule has 0 amide bonds. The average molecular weight is 700 g/mol. The van der Waals surface area contributed by atoms with Gasteiger partial charge in [0.15, 0.2) is 0 Å². The molecule has 0 aliphatic heterocycles. The van der Waals surface area contributed by atoms with Gasteiger partial charge in [-0.3, -0.25) is 0 Å². The minimum atomic E-state index is 0.577. The molecule has 0 saturated heterocycles. The molecule has 5 nitrogen and oxygen atoms in total. The summed E-state index contributed by atoms with van der Waals surface area (Å²) in [5.74, 6) is 0. The van der Waals surface area contributed by atoms with Gasteiger partial charge in [-0.15, -0.1) is 0 Å². The van der Waals surface area contributed by atoms with Crippen LogP contribution in [0.5, 0.6) is 0 Å². The van der Waals surface area contributed by atoms with Crippen LogP contribution >= 0.6 is 0 Å². The molecule has 254 valence electrons. The quantitative estimate of drug-likeness (QED) is 0.184. The van der Waals surface area contributed by atoms with E-state index < -0.39 is 0 Å². The van der Waals surface area contributed by atoms with Gasteiger partial charge in [0, 0.05) is 49.3 Å². The second-order valence-corrected chi connectivity index (χ2v) is 14.0. The van der Waals surface area contributed by atoms with Crippen molar-refractivity contribution in [1.29, 1.82) is 10.5 Å². The Morgan fingerprint density at radius 3 is 1.45 bits per heavy atom. The molecule has 0 fully saturated rings. The number of benzene rings is 8. The van der Waals surface area contributed by atoms with Gasteiger partial charge in [0.1, 0.15) is 6.07 Å². The van der Waals surface area contributed by atoms with Crippen LogP contribution in [0, 0.1) is 22.7 Å². The summed E-state index contributed by atoms with van der Waals surface area (Å²) in [6.45, 7) is 0. The molecule has 0 aliphatic carbocycles. The highest BCUT2D eigenvalue weighted by Crippen LogP contribution is 2.40. The van der Waals surface area contributed by atoms with Crippen LogP contribution in [0.2, 0.25) is 0 Å². The van der Waals surface area contributed by atoms with E-state index in [1.54, 1.807) is 0 Å². The van der Waals surface area contributed by atoms with Gasteiger partial charge >= 0.3 is 0 Å². The zero-order valence-corrected chi connectivity index (χ0v) is 29.5. The lowest BCUT2D eigenvalue weighted by Crippen LogP contribution is -2.01. The van der Waals surface area contributed by atoms with E-state index in [9.17, 15) is 10.5 Å². The summed E-state index contributed by atoms with van der Waals surface area (Å²) in [6.07, 6.45) is 0. The second kappa shape index (κ2) is 11.8. The van der Waals surface area contributed by atoms with E-state index in [1.165, 1.54) is 32.6 Å². The Labute approximate surface area is 316 Å². The van der Waals surface area contributed by atoms with Crippen LogP contribution in [-0.4, -0.2) is 13.7 Å². The number of para-hydroxylation sites is 5. The zero-order valence-electron chi connectivity index (χ0n) is 29.5. The predicted octanol–water partition coefficient (Wildman–Crippen LogP) is 12.4.